The first kappa shape index (κ1) is 13.6. The Labute approximate surface area is 118 Å². The summed E-state index contributed by atoms with van der Waals surface area (Å²) in [7, 11) is 0. The van der Waals surface area contributed by atoms with Crippen molar-refractivity contribution in [2.45, 2.75) is 71.8 Å². The van der Waals surface area contributed by atoms with E-state index in [4.69, 9.17) is 4.74 Å². The van der Waals surface area contributed by atoms with E-state index in [2.05, 4.69) is 51.7 Å². The quantitative estimate of drug-likeness (QED) is 0.718. The van der Waals surface area contributed by atoms with E-state index in [1.165, 1.54) is 19.3 Å². The molecule has 0 amide bonds. The van der Waals surface area contributed by atoms with Crippen molar-refractivity contribution in [2.24, 2.45) is 17.3 Å². The Morgan fingerprint density at radius 3 is 2.58 bits per heavy atom. The van der Waals surface area contributed by atoms with Gasteiger partial charge in [-0.25, -0.2) is 0 Å². The van der Waals surface area contributed by atoms with Crippen molar-refractivity contribution in [3.8, 4) is 0 Å². The maximum atomic E-state index is 6.58. The van der Waals surface area contributed by atoms with E-state index in [0.29, 0.717) is 11.5 Å². The van der Waals surface area contributed by atoms with Gasteiger partial charge in [-0.1, -0.05) is 26.8 Å². The van der Waals surface area contributed by atoms with Crippen molar-refractivity contribution in [3.63, 3.8) is 0 Å². The average Bonchev–Trinajstić information content (AvgIpc) is 2.62. The minimum Gasteiger partial charge on any atom is -0.351 e. The number of hydrogen-bond donors (Lipinski definition) is 0. The van der Waals surface area contributed by atoms with Crippen LogP contribution in [0.1, 0.15) is 53.9 Å². The van der Waals surface area contributed by atoms with Gasteiger partial charge >= 0.3 is 0 Å². The van der Waals surface area contributed by atoms with Gasteiger partial charge in [0.1, 0.15) is 6.23 Å². The fourth-order valence-corrected chi connectivity index (χ4v) is 5.11. The Bertz CT molecular complexity index is 389. The first-order valence-corrected chi connectivity index (χ1v) is 8.01. The van der Waals surface area contributed by atoms with E-state index in [9.17, 15) is 0 Å². The van der Waals surface area contributed by atoms with Crippen LogP contribution < -0.4 is 0 Å². The second-order valence-electron chi connectivity index (χ2n) is 7.51. The second-order valence-corrected chi connectivity index (χ2v) is 7.51. The van der Waals surface area contributed by atoms with Gasteiger partial charge in [-0.3, -0.25) is 4.90 Å². The molecule has 2 nitrogen and oxygen atoms in total. The zero-order chi connectivity index (χ0) is 13.8. The zero-order valence-electron chi connectivity index (χ0n) is 13.1. The van der Waals surface area contributed by atoms with Crippen LogP contribution in [0.25, 0.3) is 0 Å². The molecule has 1 heterocycles. The van der Waals surface area contributed by atoms with Crippen LogP contribution in [-0.4, -0.2) is 29.3 Å². The summed E-state index contributed by atoms with van der Waals surface area (Å²) in [5.41, 5.74) is 0.547. The van der Waals surface area contributed by atoms with Crippen molar-refractivity contribution in [1.29, 1.82) is 0 Å². The molecule has 3 aliphatic carbocycles. The van der Waals surface area contributed by atoms with Gasteiger partial charge in [0.05, 0.1) is 5.60 Å². The Balaban J connectivity index is 1.91. The molecule has 2 bridgehead atoms. The van der Waals surface area contributed by atoms with Crippen LogP contribution in [0.4, 0.5) is 0 Å². The first-order chi connectivity index (χ1) is 8.95. The van der Waals surface area contributed by atoms with E-state index >= 15 is 0 Å². The highest BCUT2D eigenvalue weighted by atomic mass is 16.5. The summed E-state index contributed by atoms with van der Waals surface area (Å²) >= 11 is 0. The van der Waals surface area contributed by atoms with Gasteiger partial charge in [-0.2, -0.15) is 0 Å². The smallest absolute Gasteiger partial charge is 0.130 e. The lowest BCUT2D eigenvalue weighted by Gasteiger charge is -2.65. The molecule has 4 rings (SSSR count). The molecule has 4 aliphatic rings. The molecule has 0 aromatic carbocycles. The monoisotopic (exact) mass is 263 g/mol. The lowest BCUT2D eigenvalue weighted by molar-refractivity contribution is -0.204. The second kappa shape index (κ2) is 4.33. The summed E-state index contributed by atoms with van der Waals surface area (Å²) in [6.45, 7) is 12.8. The maximum Gasteiger partial charge on any atom is 0.130 e. The van der Waals surface area contributed by atoms with Gasteiger partial charge in [0.25, 0.3) is 0 Å². The summed E-state index contributed by atoms with van der Waals surface area (Å²) in [4.78, 5) is 2.62. The lowest BCUT2D eigenvalue weighted by Crippen LogP contribution is -2.67. The van der Waals surface area contributed by atoms with Gasteiger partial charge in [0.15, 0.2) is 0 Å². The third-order valence-corrected chi connectivity index (χ3v) is 6.27. The molecule has 1 aliphatic heterocycles. The third kappa shape index (κ3) is 1.69. The standard InChI is InChI=1S/C17H29NO/c1-6-8-15-18(9-7-2)14-11-12-10-13(16(12,3)4)17(14,5)19-15/h6,8,12-15H,7,9-11H2,1-5H3/b8-6+/t12-,13-,14?,15?,17?/m1/s1. The predicted molar refractivity (Wildman–Crippen MR) is 78.9 cm³/mol. The fraction of sp³-hybridized carbons (Fsp3) is 0.882. The number of rotatable bonds is 3. The minimum atomic E-state index is 0.0671. The molecule has 0 aromatic rings. The molecule has 0 aromatic heterocycles. The van der Waals surface area contributed by atoms with Crippen LogP contribution in [0, 0.1) is 17.3 Å². The fourth-order valence-electron chi connectivity index (χ4n) is 5.11. The van der Waals surface area contributed by atoms with Crippen LogP contribution in [-0.2, 0) is 4.74 Å². The summed E-state index contributed by atoms with van der Waals surface area (Å²) in [6, 6.07) is 0.630. The number of hydrogen-bond acceptors (Lipinski definition) is 2. The van der Waals surface area contributed by atoms with E-state index in [1.807, 2.05) is 0 Å². The number of ether oxygens (including phenoxy) is 1. The molecule has 1 saturated heterocycles. The highest BCUT2D eigenvalue weighted by molar-refractivity contribution is 5.19. The molecule has 4 fully saturated rings. The normalized spacial score (nSPS) is 48.3. The average molecular weight is 263 g/mol. The Kier molecular flexibility index (Phi) is 3.10. The van der Waals surface area contributed by atoms with E-state index in [0.717, 1.165) is 18.4 Å². The summed E-state index contributed by atoms with van der Waals surface area (Å²) in [5, 5.41) is 0. The van der Waals surface area contributed by atoms with Crippen LogP contribution in [0.2, 0.25) is 0 Å². The summed E-state index contributed by atoms with van der Waals surface area (Å²) in [5.74, 6) is 1.64. The zero-order valence-corrected chi connectivity index (χ0v) is 13.1. The minimum absolute atomic E-state index is 0.0671. The summed E-state index contributed by atoms with van der Waals surface area (Å²) < 4.78 is 6.58. The molecule has 0 spiro atoms. The number of allylic oxidation sites excluding steroid dienone is 1. The molecule has 108 valence electrons. The Hall–Kier alpha value is -0.340. The summed E-state index contributed by atoms with van der Waals surface area (Å²) in [6.07, 6.45) is 8.50. The van der Waals surface area contributed by atoms with Crippen LogP contribution in [0.15, 0.2) is 12.2 Å². The van der Waals surface area contributed by atoms with Crippen molar-refractivity contribution in [3.05, 3.63) is 12.2 Å². The number of nitrogens with zero attached hydrogens (tertiary/aromatic N) is 1. The van der Waals surface area contributed by atoms with Crippen molar-refractivity contribution in [2.75, 3.05) is 6.54 Å². The van der Waals surface area contributed by atoms with Crippen LogP contribution in [0.5, 0.6) is 0 Å². The predicted octanol–water partition coefficient (Wildman–Crippen LogP) is 3.82. The molecule has 0 radical (unpaired) electrons. The highest BCUT2D eigenvalue weighted by Gasteiger charge is 2.68. The van der Waals surface area contributed by atoms with Crippen LogP contribution >= 0.6 is 0 Å². The Morgan fingerprint density at radius 2 is 2.00 bits per heavy atom. The largest absolute Gasteiger partial charge is 0.351 e. The van der Waals surface area contributed by atoms with Crippen molar-refractivity contribution < 1.29 is 4.74 Å². The van der Waals surface area contributed by atoms with Gasteiger partial charge in [-0.05, 0) is 56.4 Å². The van der Waals surface area contributed by atoms with E-state index in [-0.39, 0.29) is 11.8 Å². The molecular weight excluding hydrogens is 234 g/mol. The van der Waals surface area contributed by atoms with Gasteiger partial charge in [0.2, 0.25) is 0 Å². The molecule has 3 unspecified atom stereocenters. The van der Waals surface area contributed by atoms with Crippen LogP contribution in [0.3, 0.4) is 0 Å². The molecule has 5 atom stereocenters. The Morgan fingerprint density at radius 1 is 1.26 bits per heavy atom. The van der Waals surface area contributed by atoms with E-state index in [1.54, 1.807) is 0 Å². The van der Waals surface area contributed by atoms with Gasteiger partial charge in [0, 0.05) is 12.6 Å². The SMILES string of the molecule is C/C=C/C1OC2(C)C(C[C@H]3C[C@@H]2C3(C)C)N1CCC. The first-order valence-electron chi connectivity index (χ1n) is 8.01. The lowest BCUT2D eigenvalue weighted by atomic mass is 9.43. The van der Waals surface area contributed by atoms with Gasteiger partial charge in [-0.15, -0.1) is 0 Å². The molecule has 0 N–H and O–H groups in total. The highest BCUT2D eigenvalue weighted by Crippen LogP contribution is 2.66. The molecule has 2 heteroatoms. The molecule has 19 heavy (non-hydrogen) atoms. The third-order valence-electron chi connectivity index (χ3n) is 6.27. The molecule has 3 saturated carbocycles. The van der Waals surface area contributed by atoms with Gasteiger partial charge < -0.3 is 4.74 Å². The van der Waals surface area contributed by atoms with Crippen molar-refractivity contribution >= 4 is 0 Å². The van der Waals surface area contributed by atoms with Crippen molar-refractivity contribution in [1.82, 2.24) is 4.90 Å². The van der Waals surface area contributed by atoms with E-state index < -0.39 is 0 Å². The maximum absolute atomic E-state index is 6.58. The topological polar surface area (TPSA) is 12.5 Å². The molecular formula is C17H29NO.